The van der Waals surface area contributed by atoms with Crippen molar-refractivity contribution >= 4 is 5.97 Å². The summed E-state index contributed by atoms with van der Waals surface area (Å²) in [5.74, 6) is -2.28. The number of nitrogens with one attached hydrogen (secondary N) is 1. The van der Waals surface area contributed by atoms with Crippen molar-refractivity contribution in [1.29, 1.82) is 0 Å². The normalized spacial score (nSPS) is 12.3. The fraction of sp³-hybridized carbons (Fsp3) is 0.562. The molecule has 9 heteroatoms. The third-order valence-electron chi connectivity index (χ3n) is 2.95. The van der Waals surface area contributed by atoms with Gasteiger partial charge in [0.2, 0.25) is 0 Å². The van der Waals surface area contributed by atoms with Crippen molar-refractivity contribution in [2.24, 2.45) is 0 Å². The summed E-state index contributed by atoms with van der Waals surface area (Å²) in [7, 11) is 4.31. The molecule has 1 aromatic rings. The maximum Gasteiger partial charge on any atom is 0.430 e. The molecular weight excluding hydrogens is 343 g/mol. The standard InChI is InChI=1S/C14H23NO3.C2HF3O2/c1-15(2)9-3-4-12-5-7-14(8-6-12)18-11-13(17)10-16;3-2(4,5)1(6)7/h5-8,13,16-17H,3-4,9-11H2,1-2H3;(H,6,7). The summed E-state index contributed by atoms with van der Waals surface area (Å²) in [6.45, 7) is 1.02. The van der Waals surface area contributed by atoms with Gasteiger partial charge >= 0.3 is 6.18 Å². The zero-order valence-corrected chi connectivity index (χ0v) is 14.2. The van der Waals surface area contributed by atoms with Crippen molar-refractivity contribution in [3.8, 4) is 5.75 Å². The number of aliphatic hydroxyl groups is 2. The van der Waals surface area contributed by atoms with Crippen LogP contribution in [0.25, 0.3) is 0 Å². The number of carboxylic acid groups (broad SMARTS) is 1. The number of alkyl halides is 3. The quantitative estimate of drug-likeness (QED) is 0.536. The largest absolute Gasteiger partial charge is 0.542 e. The van der Waals surface area contributed by atoms with Gasteiger partial charge in [0.25, 0.3) is 0 Å². The molecule has 0 saturated heterocycles. The molecule has 0 radical (unpaired) electrons. The third-order valence-corrected chi connectivity index (χ3v) is 2.95. The molecule has 0 heterocycles. The number of aliphatic carboxylic acids is 1. The van der Waals surface area contributed by atoms with Gasteiger partial charge in [-0.2, -0.15) is 13.2 Å². The highest BCUT2D eigenvalue weighted by Crippen LogP contribution is 2.13. The summed E-state index contributed by atoms with van der Waals surface area (Å²) < 4.78 is 36.9. The van der Waals surface area contributed by atoms with Gasteiger partial charge in [-0.15, -0.1) is 0 Å². The number of aliphatic hydroxyl groups excluding tert-OH is 2. The van der Waals surface area contributed by atoms with E-state index in [0.29, 0.717) is 0 Å². The van der Waals surface area contributed by atoms with Gasteiger partial charge in [-0.1, -0.05) is 12.1 Å². The summed E-state index contributed by atoms with van der Waals surface area (Å²) in [5, 5.41) is 26.6. The topological polar surface area (TPSA) is 94.3 Å². The molecule has 0 aliphatic rings. The van der Waals surface area contributed by atoms with E-state index in [1.54, 1.807) is 0 Å². The molecule has 0 aliphatic carbocycles. The number of hydrogen-bond acceptors (Lipinski definition) is 5. The number of carboxylic acids is 1. The second kappa shape index (κ2) is 11.7. The lowest BCUT2D eigenvalue weighted by Crippen LogP contribution is -3.05. The van der Waals surface area contributed by atoms with Crippen LogP contribution in [0, 0.1) is 0 Å². The predicted octanol–water partition coefficient (Wildman–Crippen LogP) is -1.21. The zero-order valence-electron chi connectivity index (χ0n) is 14.2. The fourth-order valence-corrected chi connectivity index (χ4v) is 1.64. The van der Waals surface area contributed by atoms with Crippen LogP contribution in [0.1, 0.15) is 12.0 Å². The number of ether oxygens (including phenoxy) is 1. The number of halogens is 3. The van der Waals surface area contributed by atoms with Gasteiger partial charge in [0.1, 0.15) is 24.4 Å². The lowest BCUT2D eigenvalue weighted by molar-refractivity contribution is -0.858. The van der Waals surface area contributed by atoms with Crippen molar-refractivity contribution in [1.82, 2.24) is 0 Å². The Bertz CT molecular complexity index is 492. The molecule has 1 aromatic carbocycles. The van der Waals surface area contributed by atoms with Gasteiger partial charge in [0.05, 0.1) is 27.2 Å². The number of aryl methyl sites for hydroxylation is 1. The molecule has 0 bridgehead atoms. The molecule has 3 N–H and O–H groups in total. The van der Waals surface area contributed by atoms with E-state index in [9.17, 15) is 13.2 Å². The Hall–Kier alpha value is -1.84. The van der Waals surface area contributed by atoms with Gasteiger partial charge in [-0.3, -0.25) is 0 Å². The number of hydrogen-bond donors (Lipinski definition) is 3. The molecule has 0 fully saturated rings. The van der Waals surface area contributed by atoms with Gasteiger partial charge in [-0.05, 0) is 24.1 Å². The van der Waals surface area contributed by atoms with Gasteiger partial charge in [0.15, 0.2) is 0 Å². The van der Waals surface area contributed by atoms with Crippen molar-refractivity contribution in [2.75, 3.05) is 33.9 Å². The molecule has 0 aromatic heterocycles. The molecule has 0 saturated carbocycles. The minimum absolute atomic E-state index is 0.125. The highest BCUT2D eigenvalue weighted by atomic mass is 19.4. The average Bonchev–Trinajstić information content (AvgIpc) is 2.53. The van der Waals surface area contributed by atoms with E-state index < -0.39 is 18.2 Å². The number of benzene rings is 1. The van der Waals surface area contributed by atoms with Crippen LogP contribution in [0.5, 0.6) is 5.75 Å². The zero-order chi connectivity index (χ0) is 19.5. The van der Waals surface area contributed by atoms with Crippen molar-refractivity contribution < 1.29 is 42.9 Å². The minimum Gasteiger partial charge on any atom is -0.542 e. The van der Waals surface area contributed by atoms with E-state index in [-0.39, 0.29) is 13.2 Å². The van der Waals surface area contributed by atoms with Crippen molar-refractivity contribution in [2.45, 2.75) is 25.1 Å². The second-order valence-electron chi connectivity index (χ2n) is 5.64. The van der Waals surface area contributed by atoms with E-state index in [0.717, 1.165) is 12.2 Å². The van der Waals surface area contributed by atoms with Crippen LogP contribution in [-0.4, -0.2) is 62.3 Å². The Morgan fingerprint density at radius 2 is 1.80 bits per heavy atom. The monoisotopic (exact) mass is 367 g/mol. The van der Waals surface area contributed by atoms with Crippen LogP contribution < -0.4 is 14.7 Å². The molecule has 6 nitrogen and oxygen atoms in total. The van der Waals surface area contributed by atoms with Crippen LogP contribution in [0.15, 0.2) is 24.3 Å². The molecule has 1 rings (SSSR count). The third kappa shape index (κ3) is 12.2. The lowest BCUT2D eigenvalue weighted by Gasteiger charge is -2.10. The van der Waals surface area contributed by atoms with Gasteiger partial charge < -0.3 is 29.8 Å². The first-order chi connectivity index (χ1) is 11.6. The lowest BCUT2D eigenvalue weighted by atomic mass is 10.1. The molecule has 1 atom stereocenters. The van der Waals surface area contributed by atoms with E-state index in [2.05, 4.69) is 14.1 Å². The second-order valence-corrected chi connectivity index (χ2v) is 5.64. The summed E-state index contributed by atoms with van der Waals surface area (Å²) in [6.07, 6.45) is -3.76. The van der Waals surface area contributed by atoms with Crippen LogP contribution in [-0.2, 0) is 11.2 Å². The Morgan fingerprint density at radius 3 is 2.20 bits per heavy atom. The fourth-order valence-electron chi connectivity index (χ4n) is 1.64. The molecule has 25 heavy (non-hydrogen) atoms. The summed E-state index contributed by atoms with van der Waals surface area (Å²) in [4.78, 5) is 10.3. The molecule has 0 spiro atoms. The smallest absolute Gasteiger partial charge is 0.430 e. The number of carbonyl (C=O) groups is 1. The molecule has 0 aliphatic heterocycles. The summed E-state index contributed by atoms with van der Waals surface area (Å²) in [6, 6.07) is 7.90. The Kier molecular flexibility index (Phi) is 10.8. The number of carbonyl (C=O) groups excluding carboxylic acids is 1. The average molecular weight is 367 g/mol. The van der Waals surface area contributed by atoms with Crippen LogP contribution in [0.3, 0.4) is 0 Å². The first kappa shape index (κ1) is 23.2. The predicted molar refractivity (Wildman–Crippen MR) is 82.1 cm³/mol. The Labute approximate surface area is 144 Å². The van der Waals surface area contributed by atoms with Gasteiger partial charge in [0, 0.05) is 6.42 Å². The Balaban J connectivity index is 0.000000697. The van der Waals surface area contributed by atoms with E-state index in [1.807, 2.05) is 24.3 Å². The van der Waals surface area contributed by atoms with Crippen LogP contribution >= 0.6 is 0 Å². The summed E-state index contributed by atoms with van der Waals surface area (Å²) in [5.41, 5.74) is 1.30. The van der Waals surface area contributed by atoms with E-state index >= 15 is 0 Å². The maximum atomic E-state index is 10.5. The number of rotatable bonds is 8. The highest BCUT2D eigenvalue weighted by Gasteiger charge is 2.28. The first-order valence-electron chi connectivity index (χ1n) is 7.64. The Morgan fingerprint density at radius 1 is 1.28 bits per heavy atom. The molecular formula is C16H24F3NO5. The highest BCUT2D eigenvalue weighted by molar-refractivity contribution is 5.70. The van der Waals surface area contributed by atoms with Crippen molar-refractivity contribution in [3.63, 3.8) is 0 Å². The molecule has 144 valence electrons. The molecule has 1 unspecified atom stereocenters. The van der Waals surface area contributed by atoms with Crippen LogP contribution in [0.4, 0.5) is 13.2 Å². The van der Waals surface area contributed by atoms with E-state index in [4.69, 9.17) is 24.9 Å². The van der Waals surface area contributed by atoms with E-state index in [1.165, 1.54) is 23.4 Å². The summed E-state index contributed by atoms with van der Waals surface area (Å²) >= 11 is 0. The van der Waals surface area contributed by atoms with Gasteiger partial charge in [-0.25, -0.2) is 0 Å². The van der Waals surface area contributed by atoms with Crippen molar-refractivity contribution in [3.05, 3.63) is 29.8 Å². The maximum absolute atomic E-state index is 10.5. The molecule has 0 amide bonds. The van der Waals surface area contributed by atoms with Crippen LogP contribution in [0.2, 0.25) is 0 Å². The number of quaternary nitrogens is 1. The first-order valence-corrected chi connectivity index (χ1v) is 7.64. The minimum atomic E-state index is -5.19. The SMILES string of the molecule is C[NH+](C)CCCc1ccc(OCC(O)CO)cc1.O=C([O-])C(F)(F)F.